The van der Waals surface area contributed by atoms with E-state index in [1.165, 1.54) is 324 Å². The van der Waals surface area contributed by atoms with Crippen molar-refractivity contribution in [2.75, 3.05) is 35.2 Å². The van der Waals surface area contributed by atoms with E-state index in [1.54, 1.807) is 66.3 Å². The van der Waals surface area contributed by atoms with Crippen LogP contribution >= 0.6 is 102 Å². The van der Waals surface area contributed by atoms with E-state index < -0.39 is 125 Å². The number of hydrogen-bond donors (Lipinski definition) is 6. The average molecular weight is 2730 g/mol. The van der Waals surface area contributed by atoms with Gasteiger partial charge in [-0.2, -0.15) is 0 Å². The van der Waals surface area contributed by atoms with Crippen LogP contribution < -0.4 is 0 Å². The summed E-state index contributed by atoms with van der Waals surface area (Å²) < 4.78 is 0. The molecule has 0 unspecified atom stereocenters. The van der Waals surface area contributed by atoms with Crippen molar-refractivity contribution in [2.45, 2.75) is 337 Å². The first-order valence-electron chi connectivity index (χ1n) is 54.5. The third-order valence-corrected chi connectivity index (χ3v) is 38.5. The summed E-state index contributed by atoms with van der Waals surface area (Å²) in [6.45, 7) is 12.9. The third kappa shape index (κ3) is 30.2. The molecule has 25 saturated carbocycles. The van der Waals surface area contributed by atoms with Crippen LogP contribution in [0.2, 0.25) is 0 Å². The minimum atomic E-state index is -0.826. The summed E-state index contributed by atoms with van der Waals surface area (Å²) in [6, 6.07) is 26.4. The molecule has 24 bridgehead atoms. The van der Waals surface area contributed by atoms with Gasteiger partial charge in [0.15, 0.2) is 0 Å². The van der Waals surface area contributed by atoms with Gasteiger partial charge in [0, 0.05) is 145 Å². The zero-order valence-corrected chi connectivity index (χ0v) is 112. The van der Waals surface area contributed by atoms with Crippen LogP contribution in [0.25, 0.3) is 0 Å². The molecule has 148 heavy (non-hydrogen) atoms. The Hall–Kier alpha value is 0.919. The Kier molecular flexibility index (Phi) is 48.2. The first-order valence-corrected chi connectivity index (χ1v) is 92.5. The molecule has 802 valence electrons. The molecular formula is C118H156Cl12N6O6Zr6. The summed E-state index contributed by atoms with van der Waals surface area (Å²) >= 11 is -4.95. The molecule has 0 saturated heterocycles. The van der Waals surface area contributed by atoms with Gasteiger partial charge in [-0.1, -0.05) is 49.2 Å². The van der Waals surface area contributed by atoms with Gasteiger partial charge < -0.3 is 30.6 Å². The number of phenols is 6. The van der Waals surface area contributed by atoms with E-state index >= 15 is 0 Å². The van der Waals surface area contributed by atoms with E-state index in [1.807, 2.05) is 36.5 Å². The number of halogens is 12. The van der Waals surface area contributed by atoms with E-state index in [2.05, 4.69) is 109 Å². The minimum absolute atomic E-state index is 0.251. The molecule has 25 fully saturated rings. The van der Waals surface area contributed by atoms with Crippen molar-refractivity contribution in [1.29, 1.82) is 0 Å². The molecule has 0 radical (unpaired) electrons. The zero-order chi connectivity index (χ0) is 106. The topological polar surface area (TPSA) is 196 Å². The number of aryl methyl sites for hydroxylation is 6. The maximum atomic E-state index is 11.2. The van der Waals surface area contributed by atoms with Gasteiger partial charge in [-0.3, -0.25) is 30.0 Å². The Balaban J connectivity index is 0.000000136. The van der Waals surface area contributed by atoms with Gasteiger partial charge >= 0.3 is 227 Å². The number of rotatable bonds is 13. The average Bonchev–Trinajstić information content (AvgIpc) is 0.779. The van der Waals surface area contributed by atoms with Gasteiger partial charge in [-0.15, -0.1) is 0 Å². The van der Waals surface area contributed by atoms with Gasteiger partial charge in [0.25, 0.3) is 0 Å². The summed E-state index contributed by atoms with van der Waals surface area (Å²) in [5.74, 6) is 19.3. The fraction of sp³-hybridized carbons (Fsp3) is 0.644. The fourth-order valence-corrected chi connectivity index (χ4v) is 36.4. The van der Waals surface area contributed by atoms with E-state index in [4.69, 9.17) is 107 Å². The molecular weight excluding hydrogens is 2570 g/mol. The molecule has 25 aliphatic carbocycles. The van der Waals surface area contributed by atoms with Gasteiger partial charge in [-0.05, 0) is 494 Å². The van der Waals surface area contributed by atoms with E-state index in [0.717, 1.165) is 140 Å². The number of nitrogens with zero attached hydrogens (tertiary/aromatic N) is 6. The number of benzene rings is 6. The third-order valence-electron chi connectivity index (χ3n) is 38.5. The molecule has 0 aliphatic heterocycles. The van der Waals surface area contributed by atoms with E-state index in [0.29, 0.717) is 40.5 Å². The molecule has 0 atom stereocenters. The quantitative estimate of drug-likeness (QED) is 0.0622. The van der Waals surface area contributed by atoms with Gasteiger partial charge in [-0.25, -0.2) is 0 Å². The Morgan fingerprint density at radius 1 is 0.209 bits per heavy atom. The second-order valence-electron chi connectivity index (χ2n) is 49.3. The van der Waals surface area contributed by atoms with Crippen LogP contribution in [0, 0.1) is 148 Å². The normalized spacial score (nSPS) is 33.5. The van der Waals surface area contributed by atoms with Crippen molar-refractivity contribution in [2.24, 2.45) is 136 Å². The summed E-state index contributed by atoms with van der Waals surface area (Å²) in [5, 5.41) is 65.2. The molecule has 12 nitrogen and oxygen atoms in total. The Morgan fingerprint density at radius 2 is 0.324 bits per heavy atom. The van der Waals surface area contributed by atoms with Gasteiger partial charge in [0.1, 0.15) is 34.5 Å². The second-order valence-corrected chi connectivity index (χ2v) is 71.7. The van der Waals surface area contributed by atoms with Crippen LogP contribution in [0.4, 0.5) is 0 Å². The molecule has 25 aliphatic rings. The summed E-state index contributed by atoms with van der Waals surface area (Å²) in [6.07, 6.45) is 65.2. The van der Waals surface area contributed by atoms with Crippen LogP contribution in [0.1, 0.15) is 357 Å². The molecule has 6 N–H and O–H groups in total. The molecule has 0 heterocycles. The molecule has 30 heteroatoms. The van der Waals surface area contributed by atoms with E-state index in [-0.39, 0.29) is 32.5 Å². The number of aliphatic imine (C=N–C) groups is 6. The number of phenolic OH excluding ortho intramolecular Hbond substituents is 6. The first-order chi connectivity index (χ1) is 71.1. The SMILES string of the molecule is CN=Cc1cc(C)cc(C23CC4CC(CC(C4)C2)C3)c1O.CN=Cc1cc(C)cc(C23CC4CC(CC(C4)C2)C3)c1O.CN=Cc1cc(C)cc(C23CC4CC(CC(C4)C2)C3)c1O.CN=Cc1cc(C)cc(C23CC4CC(CC(C4)C2)C3)c1O.CN=Cc1cc(C)cc(C23CC4CC(CC(C4)C2)C3)c1O.Cc1cc(C=NC2CCCC2)c(O)c(C23CC4CC(CC(C4)C2)C3)c1.[Cl][Zr][Cl].[Cl][Zr][Cl].[Cl][Zr][Cl].[Cl][Zr][Cl].[Cl][Zr][Cl].[Cl][Zr][Cl]. The van der Waals surface area contributed by atoms with Crippen molar-refractivity contribution in [3.05, 3.63) is 173 Å². The van der Waals surface area contributed by atoms with Crippen LogP contribution in [0.15, 0.2) is 103 Å². The van der Waals surface area contributed by atoms with Crippen molar-refractivity contribution >= 4 is 139 Å². The van der Waals surface area contributed by atoms with Crippen molar-refractivity contribution < 1.29 is 156 Å². The molecule has 31 rings (SSSR count). The molecule has 0 spiro atoms. The van der Waals surface area contributed by atoms with Gasteiger partial charge in [0.2, 0.25) is 0 Å². The second kappa shape index (κ2) is 57.4. The predicted octanol–water partition coefficient (Wildman–Crippen LogP) is 34.9. The number of aromatic hydroxyl groups is 6. The maximum absolute atomic E-state index is 11.2. The van der Waals surface area contributed by atoms with Crippen LogP contribution in [-0.2, 0) is 158 Å². The predicted molar refractivity (Wildman–Crippen MR) is 604 cm³/mol. The van der Waals surface area contributed by atoms with E-state index in [9.17, 15) is 30.6 Å². The van der Waals surface area contributed by atoms with Crippen LogP contribution in [-0.4, -0.2) is 109 Å². The zero-order valence-electron chi connectivity index (χ0n) is 88.5. The van der Waals surface area contributed by atoms with Crippen molar-refractivity contribution in [3.63, 3.8) is 0 Å². The van der Waals surface area contributed by atoms with Crippen LogP contribution in [0.5, 0.6) is 34.5 Å². The standard InChI is InChI=1S/C23H31NO.5C19H25NO.12ClH.6Zr/c1-15-6-19(14-24-20-4-2-3-5-20)22(25)21(7-15)23-11-16-8-17(12-23)10-18(9-16)13-23;5*1-12-3-16(11-20-2)18(21)17(4-12)19-8-13-5-14(9-19)7-15(6-13)10-19;;;;;;;;;;;;;;;;;;/h6-7,14,16-18,20,25H,2-5,8-13H2,1H3;5*3-4,11,13-15,21H,5-10H2,1-2H3;12*1H;;;;;;/q;;;;;;;;;;;;;;;;;;6*+2/p-12. The van der Waals surface area contributed by atoms with Gasteiger partial charge in [0.05, 0.1) is 0 Å². The fourth-order valence-electron chi connectivity index (χ4n) is 36.4. The summed E-state index contributed by atoms with van der Waals surface area (Å²) in [5.41, 5.74) is 21.8. The Morgan fingerprint density at radius 3 is 0.439 bits per heavy atom. The van der Waals surface area contributed by atoms with Crippen molar-refractivity contribution in [1.82, 2.24) is 0 Å². The van der Waals surface area contributed by atoms with Crippen LogP contribution in [0.3, 0.4) is 0 Å². The first kappa shape index (κ1) is 124. The summed E-state index contributed by atoms with van der Waals surface area (Å²) in [4.78, 5) is 25.3. The summed E-state index contributed by atoms with van der Waals surface area (Å²) in [7, 11) is 68.1. The monoisotopic (exact) mass is 2710 g/mol. The molecule has 0 amide bonds. The Bertz CT molecular complexity index is 4770. The molecule has 6 aromatic carbocycles. The molecule has 6 aromatic rings. The molecule has 0 aromatic heterocycles. The van der Waals surface area contributed by atoms with Crippen molar-refractivity contribution in [3.8, 4) is 34.5 Å². The Labute approximate surface area is 997 Å². The number of hydrogen-bond acceptors (Lipinski definition) is 12.